The van der Waals surface area contributed by atoms with Gasteiger partial charge in [-0.2, -0.15) is 4.31 Å². The van der Waals surface area contributed by atoms with Crippen molar-refractivity contribution in [2.45, 2.75) is 50.5 Å². The lowest BCUT2D eigenvalue weighted by atomic mass is 9.87. The molecule has 1 aliphatic heterocycles. The van der Waals surface area contributed by atoms with Gasteiger partial charge in [-0.05, 0) is 48.1 Å². The highest BCUT2D eigenvalue weighted by Gasteiger charge is 2.32. The number of piperidine rings is 1. The standard InChI is InChI=1S/C21H28N2O4S/c1-21(2,3)17-6-8-19(9-7-17)28(25,26)23-12-10-16(11-13-23)20(24)22-15-18-5-4-14-27-18/h4-9,14,16H,10-13,15H2,1-3H3,(H,22,24). The van der Waals surface area contributed by atoms with Crippen molar-refractivity contribution in [2.24, 2.45) is 5.92 Å². The first-order chi connectivity index (χ1) is 13.2. The summed E-state index contributed by atoms with van der Waals surface area (Å²) >= 11 is 0. The zero-order chi connectivity index (χ0) is 20.4. The predicted octanol–water partition coefficient (Wildman–Crippen LogP) is 3.29. The zero-order valence-electron chi connectivity index (χ0n) is 16.6. The van der Waals surface area contributed by atoms with Gasteiger partial charge in [-0.3, -0.25) is 4.79 Å². The third-order valence-corrected chi connectivity index (χ3v) is 7.11. The van der Waals surface area contributed by atoms with E-state index in [-0.39, 0.29) is 17.2 Å². The lowest BCUT2D eigenvalue weighted by Gasteiger charge is -2.30. The Kier molecular flexibility index (Phi) is 5.95. The second-order valence-corrected chi connectivity index (χ2v) is 10.2. The quantitative estimate of drug-likeness (QED) is 0.829. The fourth-order valence-corrected chi connectivity index (χ4v) is 4.84. The van der Waals surface area contributed by atoms with Crippen molar-refractivity contribution < 1.29 is 17.6 Å². The third kappa shape index (κ3) is 4.64. The lowest BCUT2D eigenvalue weighted by molar-refractivity contribution is -0.126. The van der Waals surface area contributed by atoms with Crippen molar-refractivity contribution in [3.8, 4) is 0 Å². The van der Waals surface area contributed by atoms with Gasteiger partial charge in [0, 0.05) is 19.0 Å². The molecule has 152 valence electrons. The summed E-state index contributed by atoms with van der Waals surface area (Å²) in [4.78, 5) is 12.6. The maximum absolute atomic E-state index is 12.9. The molecule has 0 saturated carbocycles. The smallest absolute Gasteiger partial charge is 0.243 e. The number of carbonyl (C=O) groups excluding carboxylic acids is 1. The Bertz CT molecular complexity index is 889. The van der Waals surface area contributed by atoms with Gasteiger partial charge >= 0.3 is 0 Å². The molecule has 28 heavy (non-hydrogen) atoms. The summed E-state index contributed by atoms with van der Waals surface area (Å²) in [5, 5.41) is 2.86. The summed E-state index contributed by atoms with van der Waals surface area (Å²) in [7, 11) is -3.53. The number of nitrogens with one attached hydrogen (secondary N) is 1. The van der Waals surface area contributed by atoms with Crippen molar-refractivity contribution in [3.05, 3.63) is 54.0 Å². The van der Waals surface area contributed by atoms with Gasteiger partial charge in [0.2, 0.25) is 15.9 Å². The van der Waals surface area contributed by atoms with Crippen LogP contribution in [0.2, 0.25) is 0 Å². The van der Waals surface area contributed by atoms with Gasteiger partial charge in [0.15, 0.2) is 0 Å². The Balaban J connectivity index is 1.58. The number of sulfonamides is 1. The minimum atomic E-state index is -3.53. The zero-order valence-corrected chi connectivity index (χ0v) is 17.5. The van der Waals surface area contributed by atoms with Crippen LogP contribution in [-0.2, 0) is 26.8 Å². The lowest BCUT2D eigenvalue weighted by Crippen LogP contribution is -2.42. The van der Waals surface area contributed by atoms with E-state index in [1.54, 1.807) is 30.5 Å². The molecular formula is C21H28N2O4S. The molecule has 0 bridgehead atoms. The molecule has 0 aliphatic carbocycles. The number of carbonyl (C=O) groups is 1. The average Bonchev–Trinajstić information content (AvgIpc) is 3.19. The monoisotopic (exact) mass is 404 g/mol. The number of nitrogens with zero attached hydrogens (tertiary/aromatic N) is 1. The predicted molar refractivity (Wildman–Crippen MR) is 107 cm³/mol. The molecule has 1 fully saturated rings. The number of benzene rings is 1. The van der Waals surface area contributed by atoms with E-state index >= 15 is 0 Å². The fourth-order valence-electron chi connectivity index (χ4n) is 3.37. The van der Waals surface area contributed by atoms with E-state index < -0.39 is 10.0 Å². The van der Waals surface area contributed by atoms with E-state index in [1.165, 1.54) is 4.31 Å². The van der Waals surface area contributed by atoms with Crippen LogP contribution < -0.4 is 5.32 Å². The Labute approximate surface area is 167 Å². The van der Waals surface area contributed by atoms with Crippen molar-refractivity contribution >= 4 is 15.9 Å². The highest BCUT2D eigenvalue weighted by molar-refractivity contribution is 7.89. The van der Waals surface area contributed by atoms with Gasteiger partial charge in [0.25, 0.3) is 0 Å². The number of furan rings is 1. The first kappa shape index (κ1) is 20.6. The highest BCUT2D eigenvalue weighted by atomic mass is 32.2. The van der Waals surface area contributed by atoms with Gasteiger partial charge in [0.05, 0.1) is 17.7 Å². The molecule has 2 aromatic rings. The third-order valence-electron chi connectivity index (χ3n) is 5.20. The summed E-state index contributed by atoms with van der Waals surface area (Å²) < 4.78 is 32.5. The molecule has 7 heteroatoms. The summed E-state index contributed by atoms with van der Waals surface area (Å²) in [6.07, 6.45) is 2.60. The molecule has 0 spiro atoms. The molecule has 0 unspecified atom stereocenters. The van der Waals surface area contributed by atoms with Crippen LogP contribution in [0.5, 0.6) is 0 Å². The second-order valence-electron chi connectivity index (χ2n) is 8.25. The topological polar surface area (TPSA) is 79.6 Å². The molecule has 1 amide bonds. The Hall–Kier alpha value is -2.12. The molecule has 2 heterocycles. The minimum absolute atomic E-state index is 0.0242. The van der Waals surface area contributed by atoms with E-state index in [1.807, 2.05) is 12.1 Å². The first-order valence-electron chi connectivity index (χ1n) is 9.59. The molecular weight excluding hydrogens is 376 g/mol. The van der Waals surface area contributed by atoms with Crippen LogP contribution in [0.3, 0.4) is 0 Å². The Morgan fingerprint density at radius 2 is 1.79 bits per heavy atom. The summed E-state index contributed by atoms with van der Waals surface area (Å²) in [6, 6.07) is 10.7. The van der Waals surface area contributed by atoms with Gasteiger partial charge in [-0.25, -0.2) is 8.42 Å². The molecule has 1 N–H and O–H groups in total. The Morgan fingerprint density at radius 3 is 2.32 bits per heavy atom. The first-order valence-corrected chi connectivity index (χ1v) is 11.0. The molecule has 6 nitrogen and oxygen atoms in total. The van der Waals surface area contributed by atoms with Crippen LogP contribution in [0, 0.1) is 5.92 Å². The number of amides is 1. The van der Waals surface area contributed by atoms with Crippen LogP contribution in [0.1, 0.15) is 44.9 Å². The number of hydrogen-bond donors (Lipinski definition) is 1. The van der Waals surface area contributed by atoms with Crippen molar-refractivity contribution in [1.82, 2.24) is 9.62 Å². The molecule has 0 radical (unpaired) electrons. The van der Waals surface area contributed by atoms with Crippen LogP contribution in [0.15, 0.2) is 52.0 Å². The van der Waals surface area contributed by atoms with Gasteiger partial charge in [0.1, 0.15) is 5.76 Å². The number of rotatable bonds is 5. The van der Waals surface area contributed by atoms with Crippen molar-refractivity contribution in [2.75, 3.05) is 13.1 Å². The summed E-state index contributed by atoms with van der Waals surface area (Å²) in [5.41, 5.74) is 1.07. The van der Waals surface area contributed by atoms with Crippen LogP contribution in [-0.4, -0.2) is 31.7 Å². The summed E-state index contributed by atoms with van der Waals surface area (Å²) in [6.45, 7) is 7.34. The fraction of sp³-hybridized carbons (Fsp3) is 0.476. The normalized spacial score (nSPS) is 16.8. The highest BCUT2D eigenvalue weighted by Crippen LogP contribution is 2.27. The van der Waals surface area contributed by atoms with Gasteiger partial charge < -0.3 is 9.73 Å². The van der Waals surface area contributed by atoms with Crippen LogP contribution >= 0.6 is 0 Å². The van der Waals surface area contributed by atoms with E-state index in [9.17, 15) is 13.2 Å². The van der Waals surface area contributed by atoms with E-state index in [0.29, 0.717) is 43.1 Å². The van der Waals surface area contributed by atoms with Crippen molar-refractivity contribution in [1.29, 1.82) is 0 Å². The molecule has 1 aromatic carbocycles. The van der Waals surface area contributed by atoms with Crippen LogP contribution in [0.25, 0.3) is 0 Å². The molecule has 1 aliphatic rings. The maximum atomic E-state index is 12.9. The SMILES string of the molecule is CC(C)(C)c1ccc(S(=O)(=O)N2CCC(C(=O)NCc3ccco3)CC2)cc1. The van der Waals surface area contributed by atoms with Crippen molar-refractivity contribution in [3.63, 3.8) is 0 Å². The second kappa shape index (κ2) is 8.09. The van der Waals surface area contributed by atoms with Crippen LogP contribution in [0.4, 0.5) is 0 Å². The molecule has 1 aromatic heterocycles. The largest absolute Gasteiger partial charge is 0.467 e. The van der Waals surface area contributed by atoms with E-state index in [0.717, 1.165) is 5.56 Å². The van der Waals surface area contributed by atoms with Gasteiger partial charge in [-0.1, -0.05) is 32.9 Å². The van der Waals surface area contributed by atoms with E-state index in [4.69, 9.17) is 4.42 Å². The Morgan fingerprint density at radius 1 is 1.14 bits per heavy atom. The molecule has 1 saturated heterocycles. The summed E-state index contributed by atoms with van der Waals surface area (Å²) in [5.74, 6) is 0.472. The van der Waals surface area contributed by atoms with Gasteiger partial charge in [-0.15, -0.1) is 0 Å². The molecule has 0 atom stereocenters. The number of hydrogen-bond acceptors (Lipinski definition) is 4. The minimum Gasteiger partial charge on any atom is -0.467 e. The average molecular weight is 405 g/mol. The maximum Gasteiger partial charge on any atom is 0.243 e. The van der Waals surface area contributed by atoms with E-state index in [2.05, 4.69) is 26.1 Å². The molecule has 3 rings (SSSR count).